The monoisotopic (exact) mass is 482 g/mol. The molecule has 34 heavy (non-hydrogen) atoms. The van der Waals surface area contributed by atoms with Crippen molar-refractivity contribution in [3.63, 3.8) is 0 Å². The molecule has 5 rings (SSSR count). The van der Waals surface area contributed by atoms with Gasteiger partial charge in [-0.2, -0.15) is 13.2 Å². The molecule has 0 N–H and O–H groups in total. The van der Waals surface area contributed by atoms with E-state index in [0.29, 0.717) is 16.1 Å². The van der Waals surface area contributed by atoms with Crippen LogP contribution >= 0.6 is 11.6 Å². The first-order chi connectivity index (χ1) is 16.3. The zero-order valence-corrected chi connectivity index (χ0v) is 18.0. The van der Waals surface area contributed by atoms with Gasteiger partial charge in [0, 0.05) is 40.4 Å². The lowest BCUT2D eigenvalue weighted by molar-refractivity contribution is -0.143. The molecule has 6 nitrogen and oxygen atoms in total. The molecule has 0 aliphatic carbocycles. The number of carbonyl (C=O) groups excluding carboxylic acids is 1. The highest BCUT2D eigenvalue weighted by atomic mass is 35.5. The molecule has 0 amide bonds. The fraction of sp³-hybridized carbons (Fsp3) is 0.0833. The van der Waals surface area contributed by atoms with E-state index in [1.165, 1.54) is 24.5 Å². The molecule has 0 unspecified atom stereocenters. The standard InChI is InChI=1S/C24H14ClF3N4O2/c25-16-7-5-14(6-8-16)13-32-18-4-2-1-3-17(18)19(21(32)24(26,27)28)20(33)23-31-30-22(34-23)15-9-11-29-12-10-15/h1-12H,13H2. The quantitative estimate of drug-likeness (QED) is 0.286. The van der Waals surface area contributed by atoms with Gasteiger partial charge in [-0.05, 0) is 35.9 Å². The predicted octanol–water partition coefficient (Wildman–Crippen LogP) is 6.04. The number of halogens is 4. The van der Waals surface area contributed by atoms with Crippen molar-refractivity contribution in [2.24, 2.45) is 0 Å². The Morgan fingerprint density at radius 1 is 0.971 bits per heavy atom. The van der Waals surface area contributed by atoms with Gasteiger partial charge in [-0.3, -0.25) is 9.78 Å². The lowest BCUT2D eigenvalue weighted by Gasteiger charge is -2.14. The van der Waals surface area contributed by atoms with E-state index in [-0.39, 0.29) is 23.3 Å². The largest absolute Gasteiger partial charge is 0.432 e. The number of para-hydroxylation sites is 1. The molecule has 0 saturated heterocycles. The summed E-state index contributed by atoms with van der Waals surface area (Å²) in [5.74, 6) is -1.54. The number of aromatic nitrogens is 4. The third kappa shape index (κ3) is 3.94. The normalized spacial score (nSPS) is 11.8. The number of rotatable bonds is 5. The first-order valence-corrected chi connectivity index (χ1v) is 10.4. The molecule has 2 aromatic carbocycles. The molecule has 0 spiro atoms. The van der Waals surface area contributed by atoms with E-state index >= 15 is 0 Å². The number of pyridine rings is 1. The third-order valence-electron chi connectivity index (χ3n) is 5.27. The van der Waals surface area contributed by atoms with Crippen LogP contribution in [-0.2, 0) is 12.7 Å². The van der Waals surface area contributed by atoms with Crippen molar-refractivity contribution in [1.29, 1.82) is 0 Å². The highest BCUT2D eigenvalue weighted by Gasteiger charge is 2.42. The number of benzene rings is 2. The predicted molar refractivity (Wildman–Crippen MR) is 118 cm³/mol. The average molecular weight is 483 g/mol. The highest BCUT2D eigenvalue weighted by Crippen LogP contribution is 2.40. The first-order valence-electron chi connectivity index (χ1n) is 10.0. The third-order valence-corrected chi connectivity index (χ3v) is 5.52. The topological polar surface area (TPSA) is 73.8 Å². The maximum absolute atomic E-state index is 14.4. The molecule has 0 saturated carbocycles. The molecular weight excluding hydrogens is 469 g/mol. The number of fused-ring (bicyclic) bond motifs is 1. The molecule has 3 aromatic heterocycles. The first kappa shape index (κ1) is 21.8. The van der Waals surface area contributed by atoms with Crippen molar-refractivity contribution < 1.29 is 22.4 Å². The number of hydrogen-bond acceptors (Lipinski definition) is 5. The molecule has 0 fully saturated rings. The molecule has 0 radical (unpaired) electrons. The Hall–Kier alpha value is -3.98. The Morgan fingerprint density at radius 3 is 2.38 bits per heavy atom. The lowest BCUT2D eigenvalue weighted by Crippen LogP contribution is -2.18. The van der Waals surface area contributed by atoms with Crippen molar-refractivity contribution in [2.45, 2.75) is 12.7 Å². The van der Waals surface area contributed by atoms with Gasteiger partial charge in [-0.1, -0.05) is 41.9 Å². The number of carbonyl (C=O) groups is 1. The van der Waals surface area contributed by atoms with Crippen molar-refractivity contribution in [2.75, 3.05) is 0 Å². The Balaban J connectivity index is 1.67. The van der Waals surface area contributed by atoms with Crippen LogP contribution in [0, 0.1) is 0 Å². The molecule has 10 heteroatoms. The van der Waals surface area contributed by atoms with Gasteiger partial charge in [0.15, 0.2) is 0 Å². The minimum Gasteiger partial charge on any atom is -0.413 e. The van der Waals surface area contributed by atoms with Gasteiger partial charge >= 0.3 is 6.18 Å². The van der Waals surface area contributed by atoms with Gasteiger partial charge in [0.05, 0.1) is 5.56 Å². The van der Waals surface area contributed by atoms with Gasteiger partial charge in [-0.15, -0.1) is 10.2 Å². The summed E-state index contributed by atoms with van der Waals surface area (Å²) in [4.78, 5) is 17.2. The Labute approximate surface area is 195 Å². The van der Waals surface area contributed by atoms with Crippen LogP contribution in [0.2, 0.25) is 5.02 Å². The number of ketones is 1. The Kier molecular flexibility index (Phi) is 5.41. The van der Waals surface area contributed by atoms with Crippen LogP contribution < -0.4 is 0 Å². The summed E-state index contributed by atoms with van der Waals surface area (Å²) in [5, 5.41) is 8.15. The van der Waals surface area contributed by atoms with Gasteiger partial charge in [0.2, 0.25) is 5.89 Å². The highest BCUT2D eigenvalue weighted by molar-refractivity contribution is 6.30. The van der Waals surface area contributed by atoms with Gasteiger partial charge in [0.1, 0.15) is 5.69 Å². The second kappa shape index (κ2) is 8.42. The fourth-order valence-electron chi connectivity index (χ4n) is 3.80. The molecule has 5 aromatic rings. The number of nitrogens with zero attached hydrogens (tertiary/aromatic N) is 4. The summed E-state index contributed by atoms with van der Waals surface area (Å²) < 4.78 is 49.7. The second-order valence-corrected chi connectivity index (χ2v) is 7.86. The van der Waals surface area contributed by atoms with Gasteiger partial charge in [0.25, 0.3) is 11.7 Å². The minimum atomic E-state index is -4.83. The van der Waals surface area contributed by atoms with E-state index in [9.17, 15) is 18.0 Å². The number of alkyl halides is 3. The maximum atomic E-state index is 14.4. The van der Waals surface area contributed by atoms with Crippen LogP contribution in [0.25, 0.3) is 22.4 Å². The SMILES string of the molecule is O=C(c1nnc(-c2ccncc2)o1)c1c(C(F)(F)F)n(Cc2ccc(Cl)cc2)c2ccccc12. The van der Waals surface area contributed by atoms with E-state index in [4.69, 9.17) is 16.0 Å². The van der Waals surface area contributed by atoms with Gasteiger partial charge < -0.3 is 8.98 Å². The van der Waals surface area contributed by atoms with Crippen LogP contribution in [0.15, 0.2) is 77.5 Å². The van der Waals surface area contributed by atoms with Crippen LogP contribution in [0.1, 0.15) is 27.5 Å². The maximum Gasteiger partial charge on any atom is 0.432 e. The fourth-order valence-corrected chi connectivity index (χ4v) is 3.92. The molecule has 3 heterocycles. The van der Waals surface area contributed by atoms with Crippen LogP contribution in [-0.4, -0.2) is 25.5 Å². The smallest absolute Gasteiger partial charge is 0.413 e. The van der Waals surface area contributed by atoms with E-state index in [1.54, 1.807) is 48.5 Å². The summed E-state index contributed by atoms with van der Waals surface area (Å²) in [5.41, 5.74) is -0.295. The Bertz CT molecular complexity index is 1490. The van der Waals surface area contributed by atoms with E-state index in [0.717, 1.165) is 4.57 Å². The molecule has 0 aliphatic heterocycles. The molecule has 0 atom stereocenters. The van der Waals surface area contributed by atoms with Crippen LogP contribution in [0.4, 0.5) is 13.2 Å². The zero-order chi connectivity index (χ0) is 23.9. The van der Waals surface area contributed by atoms with E-state index in [1.807, 2.05) is 0 Å². The number of hydrogen-bond donors (Lipinski definition) is 0. The summed E-state index contributed by atoms with van der Waals surface area (Å²) >= 11 is 5.92. The van der Waals surface area contributed by atoms with Crippen molar-refractivity contribution in [3.8, 4) is 11.5 Å². The molecular formula is C24H14ClF3N4O2. The van der Waals surface area contributed by atoms with Crippen molar-refractivity contribution in [3.05, 3.63) is 101 Å². The summed E-state index contributed by atoms with van der Waals surface area (Å²) in [7, 11) is 0. The van der Waals surface area contributed by atoms with Crippen LogP contribution in [0.3, 0.4) is 0 Å². The van der Waals surface area contributed by atoms with Crippen LogP contribution in [0.5, 0.6) is 0 Å². The molecule has 0 bridgehead atoms. The summed E-state index contributed by atoms with van der Waals surface area (Å²) in [6, 6.07) is 15.8. The second-order valence-electron chi connectivity index (χ2n) is 7.43. The van der Waals surface area contributed by atoms with Crippen molar-refractivity contribution >= 4 is 28.3 Å². The van der Waals surface area contributed by atoms with Gasteiger partial charge in [-0.25, -0.2) is 0 Å². The zero-order valence-electron chi connectivity index (χ0n) is 17.3. The van der Waals surface area contributed by atoms with E-state index < -0.39 is 29.1 Å². The summed E-state index contributed by atoms with van der Waals surface area (Å²) in [6.07, 6.45) is -1.84. The van der Waals surface area contributed by atoms with E-state index in [2.05, 4.69) is 15.2 Å². The lowest BCUT2D eigenvalue weighted by atomic mass is 10.1. The minimum absolute atomic E-state index is 0.00390. The molecule has 0 aliphatic rings. The average Bonchev–Trinajstić information content (AvgIpc) is 3.44. The Morgan fingerprint density at radius 2 is 1.68 bits per heavy atom. The van der Waals surface area contributed by atoms with Crippen molar-refractivity contribution in [1.82, 2.24) is 19.7 Å². The summed E-state index contributed by atoms with van der Waals surface area (Å²) in [6.45, 7) is -0.119. The molecule has 170 valence electrons.